The number of hydrogen-bond donors (Lipinski definition) is 0. The van der Waals surface area contributed by atoms with Crippen molar-refractivity contribution in [3.63, 3.8) is 0 Å². The van der Waals surface area contributed by atoms with Crippen molar-refractivity contribution in [1.29, 1.82) is 0 Å². The summed E-state index contributed by atoms with van der Waals surface area (Å²) in [6.07, 6.45) is 4.73. The summed E-state index contributed by atoms with van der Waals surface area (Å²) in [5.74, 6) is -0.436. The topological polar surface area (TPSA) is 56.8 Å². The zero-order valence-electron chi connectivity index (χ0n) is 16.4. The first-order valence-corrected chi connectivity index (χ1v) is 10.2. The van der Waals surface area contributed by atoms with Crippen LogP contribution in [0.5, 0.6) is 0 Å². The first-order chi connectivity index (χ1) is 14.1. The fourth-order valence-electron chi connectivity index (χ4n) is 3.94. The lowest BCUT2D eigenvalue weighted by Crippen LogP contribution is -2.48. The van der Waals surface area contributed by atoms with E-state index in [0.717, 1.165) is 38.0 Å². The van der Waals surface area contributed by atoms with E-state index in [-0.39, 0.29) is 17.6 Å². The van der Waals surface area contributed by atoms with Crippen molar-refractivity contribution < 1.29 is 14.0 Å². The quantitative estimate of drug-likeness (QED) is 0.801. The zero-order valence-corrected chi connectivity index (χ0v) is 16.4. The van der Waals surface area contributed by atoms with E-state index >= 15 is 0 Å². The minimum absolute atomic E-state index is 0.0844. The molecule has 0 atom stereocenters. The molecule has 0 radical (unpaired) electrons. The average molecular weight is 396 g/mol. The summed E-state index contributed by atoms with van der Waals surface area (Å²) >= 11 is 0. The number of piperazine rings is 1. The highest BCUT2D eigenvalue weighted by Crippen LogP contribution is 2.19. The fourth-order valence-corrected chi connectivity index (χ4v) is 3.94. The smallest absolute Gasteiger partial charge is 0.272 e. The number of rotatable bonds is 3. The molecule has 7 heteroatoms. The number of halogens is 1. The van der Waals surface area contributed by atoms with E-state index < -0.39 is 0 Å². The lowest BCUT2D eigenvalue weighted by molar-refractivity contribution is 0.0718. The van der Waals surface area contributed by atoms with E-state index in [0.29, 0.717) is 37.4 Å². The molecule has 6 nitrogen and oxygen atoms in total. The van der Waals surface area contributed by atoms with Crippen molar-refractivity contribution >= 4 is 17.5 Å². The molecule has 3 heterocycles. The molecular formula is C22H25FN4O2. The van der Waals surface area contributed by atoms with Gasteiger partial charge >= 0.3 is 0 Å². The number of amides is 2. The maximum absolute atomic E-state index is 13.1. The van der Waals surface area contributed by atoms with Gasteiger partial charge in [0.15, 0.2) is 0 Å². The van der Waals surface area contributed by atoms with E-state index in [1.54, 1.807) is 35.4 Å². The number of anilines is 1. The van der Waals surface area contributed by atoms with Gasteiger partial charge in [-0.05, 0) is 55.7 Å². The number of pyridine rings is 1. The summed E-state index contributed by atoms with van der Waals surface area (Å²) in [7, 11) is 0. The van der Waals surface area contributed by atoms with Crippen LogP contribution >= 0.6 is 0 Å². The highest BCUT2D eigenvalue weighted by Gasteiger charge is 2.24. The number of piperidine rings is 1. The van der Waals surface area contributed by atoms with Crippen LogP contribution < -0.4 is 4.90 Å². The Morgan fingerprint density at radius 2 is 1.45 bits per heavy atom. The van der Waals surface area contributed by atoms with Gasteiger partial charge in [-0.3, -0.25) is 14.6 Å². The molecule has 4 rings (SSSR count). The van der Waals surface area contributed by atoms with Crippen LogP contribution in [0.3, 0.4) is 0 Å². The molecule has 2 aliphatic heterocycles. The summed E-state index contributed by atoms with van der Waals surface area (Å²) in [6.45, 7) is 4.03. The summed E-state index contributed by atoms with van der Waals surface area (Å²) in [4.78, 5) is 35.6. The second-order valence-electron chi connectivity index (χ2n) is 7.54. The van der Waals surface area contributed by atoms with E-state index in [2.05, 4.69) is 9.88 Å². The summed E-state index contributed by atoms with van der Waals surface area (Å²) in [6, 6.07) is 9.70. The van der Waals surface area contributed by atoms with Crippen molar-refractivity contribution in [3.8, 4) is 0 Å². The number of carbonyl (C=O) groups excluding carboxylic acids is 2. The number of hydrogen-bond acceptors (Lipinski definition) is 4. The van der Waals surface area contributed by atoms with Crippen molar-refractivity contribution in [1.82, 2.24) is 14.8 Å². The fraction of sp³-hybridized carbons (Fsp3) is 0.409. The molecule has 0 saturated carbocycles. The number of likely N-dealkylation sites (tertiary alicyclic amines) is 1. The molecule has 2 amide bonds. The van der Waals surface area contributed by atoms with E-state index in [4.69, 9.17) is 0 Å². The Bertz CT molecular complexity index is 873. The van der Waals surface area contributed by atoms with Crippen LogP contribution in [-0.4, -0.2) is 65.9 Å². The Balaban J connectivity index is 1.40. The molecule has 152 valence electrons. The normalized spacial score (nSPS) is 17.3. The summed E-state index contributed by atoms with van der Waals surface area (Å²) in [5.41, 5.74) is 1.79. The Hall–Kier alpha value is -2.96. The maximum Gasteiger partial charge on any atom is 0.272 e. The molecule has 0 spiro atoms. The molecule has 0 N–H and O–H groups in total. The molecule has 2 aromatic rings. The Kier molecular flexibility index (Phi) is 5.74. The van der Waals surface area contributed by atoms with E-state index in [9.17, 15) is 14.0 Å². The SMILES string of the molecule is O=C(c1ccnc(C(=O)N2CCCCC2)c1)N1CCN(c2ccc(F)cc2)CC1. The van der Waals surface area contributed by atoms with Gasteiger partial charge in [0.2, 0.25) is 0 Å². The van der Waals surface area contributed by atoms with Crippen molar-refractivity contribution in [2.45, 2.75) is 19.3 Å². The van der Waals surface area contributed by atoms with E-state index in [1.807, 2.05) is 4.90 Å². The third kappa shape index (κ3) is 4.39. The number of carbonyl (C=O) groups is 2. The number of aromatic nitrogens is 1. The van der Waals surface area contributed by atoms with Crippen LogP contribution in [-0.2, 0) is 0 Å². The van der Waals surface area contributed by atoms with Crippen molar-refractivity contribution in [3.05, 3.63) is 59.7 Å². The predicted molar refractivity (Wildman–Crippen MR) is 109 cm³/mol. The van der Waals surface area contributed by atoms with Crippen molar-refractivity contribution in [2.24, 2.45) is 0 Å². The first kappa shape index (κ1) is 19.4. The van der Waals surface area contributed by atoms with Gasteiger partial charge in [0.1, 0.15) is 11.5 Å². The molecule has 1 aromatic carbocycles. The molecule has 2 fully saturated rings. The van der Waals surface area contributed by atoms with Crippen LogP contribution in [0.1, 0.15) is 40.1 Å². The molecule has 29 heavy (non-hydrogen) atoms. The highest BCUT2D eigenvalue weighted by atomic mass is 19.1. The second kappa shape index (κ2) is 8.59. The van der Waals surface area contributed by atoms with Gasteiger partial charge in [0, 0.05) is 56.7 Å². The number of nitrogens with zero attached hydrogens (tertiary/aromatic N) is 4. The van der Waals surface area contributed by atoms with Crippen LogP contribution in [0.25, 0.3) is 0 Å². The zero-order chi connectivity index (χ0) is 20.2. The largest absolute Gasteiger partial charge is 0.368 e. The summed E-state index contributed by atoms with van der Waals surface area (Å²) in [5, 5.41) is 0. The van der Waals surface area contributed by atoms with Gasteiger partial charge in [-0.2, -0.15) is 0 Å². The lowest BCUT2D eigenvalue weighted by atomic mass is 10.1. The first-order valence-electron chi connectivity index (χ1n) is 10.2. The van der Waals surface area contributed by atoms with Gasteiger partial charge < -0.3 is 14.7 Å². The molecule has 0 bridgehead atoms. The van der Waals surface area contributed by atoms with Gasteiger partial charge in [-0.25, -0.2) is 4.39 Å². The van der Waals surface area contributed by atoms with Gasteiger partial charge in [0.05, 0.1) is 0 Å². The number of benzene rings is 1. The molecule has 2 aliphatic rings. The average Bonchev–Trinajstić information content (AvgIpc) is 2.79. The van der Waals surface area contributed by atoms with Crippen LogP contribution in [0.2, 0.25) is 0 Å². The maximum atomic E-state index is 13.1. The van der Waals surface area contributed by atoms with Crippen LogP contribution in [0.15, 0.2) is 42.6 Å². The van der Waals surface area contributed by atoms with Crippen LogP contribution in [0.4, 0.5) is 10.1 Å². The second-order valence-corrected chi connectivity index (χ2v) is 7.54. The van der Waals surface area contributed by atoms with Crippen LogP contribution in [0, 0.1) is 5.82 Å². The lowest BCUT2D eigenvalue weighted by Gasteiger charge is -2.36. The van der Waals surface area contributed by atoms with Crippen molar-refractivity contribution in [2.75, 3.05) is 44.2 Å². The molecule has 0 aliphatic carbocycles. The van der Waals surface area contributed by atoms with Gasteiger partial charge in [-0.15, -0.1) is 0 Å². The van der Waals surface area contributed by atoms with Gasteiger partial charge in [-0.1, -0.05) is 0 Å². The minimum Gasteiger partial charge on any atom is -0.368 e. The molecule has 1 aromatic heterocycles. The third-order valence-electron chi connectivity index (χ3n) is 5.63. The standard InChI is InChI=1S/C22H25FN4O2/c23-18-4-6-19(7-5-18)25-12-14-27(15-13-25)21(28)17-8-9-24-20(16-17)22(29)26-10-2-1-3-11-26/h4-9,16H,1-3,10-15H2. The Morgan fingerprint density at radius 3 is 2.14 bits per heavy atom. The molecular weight excluding hydrogens is 371 g/mol. The van der Waals surface area contributed by atoms with E-state index in [1.165, 1.54) is 12.1 Å². The highest BCUT2D eigenvalue weighted by molar-refractivity contribution is 5.98. The van der Waals surface area contributed by atoms with Gasteiger partial charge in [0.25, 0.3) is 11.8 Å². The monoisotopic (exact) mass is 396 g/mol. The predicted octanol–water partition coefficient (Wildman–Crippen LogP) is 2.81. The minimum atomic E-state index is -0.254. The Labute approximate surface area is 169 Å². The third-order valence-corrected chi connectivity index (χ3v) is 5.63. The molecule has 2 saturated heterocycles. The summed E-state index contributed by atoms with van der Waals surface area (Å²) < 4.78 is 13.1. The molecule has 0 unspecified atom stereocenters. The Morgan fingerprint density at radius 1 is 0.793 bits per heavy atom.